The van der Waals surface area contributed by atoms with Crippen LogP contribution < -0.4 is 5.73 Å². The molecule has 0 spiro atoms. The molecule has 3 fully saturated rings. The summed E-state index contributed by atoms with van der Waals surface area (Å²) in [6, 6.07) is 4.86. The van der Waals surface area contributed by atoms with Crippen LogP contribution in [-0.2, 0) is 22.0 Å². The molecule has 27 heavy (non-hydrogen) atoms. The molecule has 5 rings (SSSR count). The first kappa shape index (κ1) is 17.5. The molecule has 4 unspecified atom stereocenters. The fraction of sp³-hybridized carbons (Fsp3) is 0.640. The summed E-state index contributed by atoms with van der Waals surface area (Å²) < 4.78 is 0. The standard InChI is InChI=1S/C25H32NO/c1-5-15-10-16-12-19(23(2,3)4)14-21(20(16)11-15)24-8-9-25(24,22(26)27)18-7-6-17(24)13-18/h10,12,14,17-18,26H,5-9,11,13H2,1-4H3. The third-order valence-corrected chi connectivity index (χ3v) is 8.79. The van der Waals surface area contributed by atoms with Crippen molar-refractivity contribution in [2.75, 3.05) is 0 Å². The minimum atomic E-state index is -0.380. The minimum absolute atomic E-state index is 0.0445. The highest BCUT2D eigenvalue weighted by Gasteiger charge is 2.76. The van der Waals surface area contributed by atoms with Gasteiger partial charge in [0.1, 0.15) is 0 Å². The van der Waals surface area contributed by atoms with Gasteiger partial charge in [-0.2, -0.15) is 0 Å². The van der Waals surface area contributed by atoms with Crippen LogP contribution in [-0.4, -0.2) is 5.91 Å². The molecule has 0 aliphatic heterocycles. The first-order valence-electron chi connectivity index (χ1n) is 10.9. The predicted octanol–water partition coefficient (Wildman–Crippen LogP) is 5.59. The molecule has 4 atom stereocenters. The van der Waals surface area contributed by atoms with Crippen molar-refractivity contribution in [2.24, 2.45) is 17.3 Å². The number of amides is 1. The fourth-order valence-electron chi connectivity index (χ4n) is 7.35. The van der Waals surface area contributed by atoms with Crippen molar-refractivity contribution >= 4 is 12.0 Å². The lowest BCUT2D eigenvalue weighted by atomic mass is 9.41. The van der Waals surface area contributed by atoms with E-state index in [4.69, 9.17) is 5.73 Å². The summed E-state index contributed by atoms with van der Waals surface area (Å²) in [6.07, 6.45) is 10.2. The number of carbonyl (C=O) groups excluding carboxylic acids is 1. The molecule has 4 aliphatic rings. The molecule has 4 aliphatic carbocycles. The highest BCUT2D eigenvalue weighted by molar-refractivity contribution is 5.86. The molecule has 2 heteroatoms. The Morgan fingerprint density at radius 3 is 2.52 bits per heavy atom. The van der Waals surface area contributed by atoms with Gasteiger partial charge >= 0.3 is 0 Å². The summed E-state index contributed by atoms with van der Waals surface area (Å²) in [4.78, 5) is 12.8. The molecule has 1 aromatic carbocycles. The normalized spacial score (nSPS) is 36.2. The van der Waals surface area contributed by atoms with E-state index in [-0.39, 0.29) is 22.2 Å². The van der Waals surface area contributed by atoms with E-state index in [0.29, 0.717) is 11.8 Å². The molecule has 2 nitrogen and oxygen atoms in total. The van der Waals surface area contributed by atoms with E-state index < -0.39 is 0 Å². The first-order chi connectivity index (χ1) is 12.7. The van der Waals surface area contributed by atoms with Crippen LogP contribution in [0.3, 0.4) is 0 Å². The van der Waals surface area contributed by atoms with E-state index >= 15 is 0 Å². The summed E-state index contributed by atoms with van der Waals surface area (Å²) in [5.74, 6) is 0.795. The highest BCUT2D eigenvalue weighted by Crippen LogP contribution is 2.77. The van der Waals surface area contributed by atoms with Gasteiger partial charge in [0.05, 0.1) is 5.41 Å². The van der Waals surface area contributed by atoms with Crippen LogP contribution in [0.25, 0.3) is 6.08 Å². The van der Waals surface area contributed by atoms with Crippen LogP contribution >= 0.6 is 0 Å². The van der Waals surface area contributed by atoms with Gasteiger partial charge in [0.25, 0.3) is 0 Å². The Labute approximate surface area is 163 Å². The van der Waals surface area contributed by atoms with Gasteiger partial charge in [-0.15, -0.1) is 0 Å². The maximum atomic E-state index is 12.8. The lowest BCUT2D eigenvalue weighted by Gasteiger charge is -2.61. The smallest absolute Gasteiger partial charge is 0.245 e. The van der Waals surface area contributed by atoms with Gasteiger partial charge in [0.15, 0.2) is 0 Å². The SMILES string of the molecule is CCC1=Cc2cc(C(C)(C)C)cc(C34CCC3(C([NH])=O)C3CCC4C3)c2C1. The zero-order valence-corrected chi connectivity index (χ0v) is 17.2. The lowest BCUT2D eigenvalue weighted by Crippen LogP contribution is -2.63. The molecule has 1 N–H and O–H groups in total. The van der Waals surface area contributed by atoms with E-state index in [9.17, 15) is 4.79 Å². The number of hydrogen-bond acceptors (Lipinski definition) is 1. The van der Waals surface area contributed by atoms with Crippen LogP contribution in [0.4, 0.5) is 0 Å². The number of carbonyl (C=O) groups is 1. The van der Waals surface area contributed by atoms with Crippen molar-refractivity contribution in [1.29, 1.82) is 0 Å². The molecule has 3 saturated carbocycles. The van der Waals surface area contributed by atoms with Gasteiger partial charge in [-0.25, -0.2) is 0 Å². The van der Waals surface area contributed by atoms with Gasteiger partial charge in [-0.1, -0.05) is 51.5 Å². The van der Waals surface area contributed by atoms with E-state index in [1.165, 1.54) is 40.7 Å². The predicted molar refractivity (Wildman–Crippen MR) is 109 cm³/mol. The van der Waals surface area contributed by atoms with Gasteiger partial charge in [-0.05, 0) is 84.5 Å². The van der Waals surface area contributed by atoms with E-state index in [2.05, 4.69) is 45.9 Å². The van der Waals surface area contributed by atoms with Crippen LogP contribution in [0.15, 0.2) is 17.7 Å². The van der Waals surface area contributed by atoms with Crippen molar-refractivity contribution in [3.8, 4) is 0 Å². The molecular weight excluding hydrogens is 330 g/mol. The first-order valence-corrected chi connectivity index (χ1v) is 10.9. The largest absolute Gasteiger partial charge is 0.273 e. The second-order valence-corrected chi connectivity index (χ2v) is 10.7. The number of benzene rings is 1. The zero-order valence-electron chi connectivity index (χ0n) is 17.2. The third kappa shape index (κ3) is 1.95. The molecule has 2 bridgehead atoms. The van der Waals surface area contributed by atoms with Gasteiger partial charge in [0, 0.05) is 5.41 Å². The quantitative estimate of drug-likeness (QED) is 0.691. The number of rotatable bonds is 3. The average Bonchev–Trinajstić information content (AvgIpc) is 3.23. The maximum Gasteiger partial charge on any atom is 0.245 e. The summed E-state index contributed by atoms with van der Waals surface area (Å²) in [7, 11) is 0. The van der Waals surface area contributed by atoms with Crippen molar-refractivity contribution in [3.05, 3.63) is 40.0 Å². The van der Waals surface area contributed by atoms with Crippen molar-refractivity contribution in [2.45, 2.75) is 83.5 Å². The number of nitrogens with one attached hydrogen (secondary N) is 1. The van der Waals surface area contributed by atoms with Gasteiger partial charge in [-0.3, -0.25) is 10.5 Å². The average molecular weight is 363 g/mol. The summed E-state index contributed by atoms with van der Waals surface area (Å²) in [5.41, 5.74) is 15.2. The second-order valence-electron chi connectivity index (χ2n) is 10.7. The second kappa shape index (κ2) is 5.27. The maximum absolute atomic E-state index is 12.8. The Morgan fingerprint density at radius 2 is 1.93 bits per heavy atom. The molecule has 1 aromatic rings. The molecular formula is C25H32NO. The minimum Gasteiger partial charge on any atom is -0.273 e. The van der Waals surface area contributed by atoms with Gasteiger partial charge < -0.3 is 0 Å². The Kier molecular flexibility index (Phi) is 3.42. The Bertz CT molecular complexity index is 873. The van der Waals surface area contributed by atoms with Crippen molar-refractivity contribution in [1.82, 2.24) is 5.73 Å². The molecule has 1 amide bonds. The summed E-state index contributed by atoms with van der Waals surface area (Å²) in [5, 5.41) is 0. The number of allylic oxidation sites excluding steroid dienone is 1. The van der Waals surface area contributed by atoms with E-state index in [1.807, 2.05) is 0 Å². The van der Waals surface area contributed by atoms with Gasteiger partial charge in [0.2, 0.25) is 5.91 Å². The van der Waals surface area contributed by atoms with E-state index in [0.717, 1.165) is 32.1 Å². The molecule has 0 aromatic heterocycles. The topological polar surface area (TPSA) is 40.9 Å². The zero-order chi connectivity index (χ0) is 19.2. The monoisotopic (exact) mass is 362 g/mol. The number of fused-ring (bicyclic) bond motifs is 6. The Morgan fingerprint density at radius 1 is 1.19 bits per heavy atom. The highest BCUT2D eigenvalue weighted by atomic mass is 16.1. The lowest BCUT2D eigenvalue weighted by molar-refractivity contribution is -0.150. The fourth-order valence-corrected chi connectivity index (χ4v) is 7.35. The van der Waals surface area contributed by atoms with Crippen molar-refractivity contribution in [3.63, 3.8) is 0 Å². The molecule has 143 valence electrons. The molecule has 1 radical (unpaired) electrons. The Hall–Kier alpha value is -1.57. The van der Waals surface area contributed by atoms with Crippen LogP contribution in [0.1, 0.15) is 88.5 Å². The third-order valence-electron chi connectivity index (χ3n) is 8.79. The van der Waals surface area contributed by atoms with Crippen LogP contribution in [0.5, 0.6) is 0 Å². The van der Waals surface area contributed by atoms with Crippen molar-refractivity contribution < 1.29 is 4.79 Å². The molecule has 0 heterocycles. The number of hydrogen-bond donors (Lipinski definition) is 0. The summed E-state index contributed by atoms with van der Waals surface area (Å²) in [6.45, 7) is 9.12. The van der Waals surface area contributed by atoms with Crippen LogP contribution in [0.2, 0.25) is 0 Å². The molecule has 0 saturated heterocycles. The van der Waals surface area contributed by atoms with E-state index in [1.54, 1.807) is 0 Å². The summed E-state index contributed by atoms with van der Waals surface area (Å²) >= 11 is 0. The Balaban J connectivity index is 1.75. The van der Waals surface area contributed by atoms with Crippen LogP contribution in [0, 0.1) is 17.3 Å².